The lowest BCUT2D eigenvalue weighted by molar-refractivity contribution is -0.132. The number of carboxylic acid groups (broad SMARTS) is 1. The number of fused-ring (bicyclic) bond motifs is 1. The lowest BCUT2D eigenvalue weighted by atomic mass is 9.99. The molecule has 0 spiro atoms. The van der Waals surface area contributed by atoms with Gasteiger partial charge in [-0.05, 0) is 29.3 Å². The summed E-state index contributed by atoms with van der Waals surface area (Å²) in [6, 6.07) is 11.2. The van der Waals surface area contributed by atoms with Crippen molar-refractivity contribution in [1.82, 2.24) is 0 Å². The van der Waals surface area contributed by atoms with Crippen molar-refractivity contribution in [3.63, 3.8) is 0 Å². The number of nitrogens with zero attached hydrogens (tertiary/aromatic N) is 1. The second-order valence-corrected chi connectivity index (χ2v) is 5.89. The molecule has 0 saturated carbocycles. The van der Waals surface area contributed by atoms with E-state index in [1.165, 1.54) is 0 Å². The Morgan fingerprint density at radius 2 is 2.08 bits per heavy atom. The number of nitrogens with two attached hydrogens (primary N) is 2. The molecule has 0 unspecified atom stereocenters. The van der Waals surface area contributed by atoms with Crippen LogP contribution < -0.4 is 11.5 Å². The molecule has 2 aromatic carbocycles. The Balaban J connectivity index is 2.16. The zero-order chi connectivity index (χ0) is 17.3. The molecule has 5 N–H and O–H groups in total. The second kappa shape index (κ2) is 6.47. The highest BCUT2D eigenvalue weighted by Gasteiger charge is 2.16. The third-order valence-electron chi connectivity index (χ3n) is 3.88. The average molecular weight is 342 g/mol. The van der Waals surface area contributed by atoms with Gasteiger partial charge >= 0.3 is 5.97 Å². The van der Waals surface area contributed by atoms with E-state index in [0.29, 0.717) is 22.8 Å². The van der Waals surface area contributed by atoms with Crippen molar-refractivity contribution in [2.24, 2.45) is 16.5 Å². The molecule has 0 bridgehead atoms. The lowest BCUT2D eigenvalue weighted by Crippen LogP contribution is -2.14. The lowest BCUT2D eigenvalue weighted by Gasteiger charge is -2.10. The van der Waals surface area contributed by atoms with Crippen molar-refractivity contribution in [2.45, 2.75) is 13.0 Å². The van der Waals surface area contributed by atoms with Gasteiger partial charge in [-0.2, -0.15) is 0 Å². The minimum atomic E-state index is -1.01. The summed E-state index contributed by atoms with van der Waals surface area (Å²) in [6.45, 7) is 0.349. The first-order valence-corrected chi connectivity index (χ1v) is 7.76. The highest BCUT2D eigenvalue weighted by Crippen LogP contribution is 2.35. The van der Waals surface area contributed by atoms with E-state index in [-0.39, 0.29) is 17.8 Å². The van der Waals surface area contributed by atoms with E-state index < -0.39 is 5.97 Å². The van der Waals surface area contributed by atoms with Crippen molar-refractivity contribution < 1.29 is 9.90 Å². The second-order valence-electron chi connectivity index (χ2n) is 5.51. The van der Waals surface area contributed by atoms with Crippen molar-refractivity contribution in [3.8, 4) is 11.1 Å². The van der Waals surface area contributed by atoms with E-state index in [1.54, 1.807) is 6.08 Å². The first kappa shape index (κ1) is 16.2. The average Bonchev–Trinajstić information content (AvgIpc) is 2.72. The maximum absolute atomic E-state index is 11.3. The molecule has 0 fully saturated rings. The number of amidine groups is 1. The summed E-state index contributed by atoms with van der Waals surface area (Å²) >= 11 is 6.42. The summed E-state index contributed by atoms with van der Waals surface area (Å²) in [5.41, 5.74) is 15.6. The predicted molar refractivity (Wildman–Crippen MR) is 96.3 cm³/mol. The van der Waals surface area contributed by atoms with Gasteiger partial charge in [-0.15, -0.1) is 0 Å². The minimum Gasteiger partial charge on any atom is -0.478 e. The van der Waals surface area contributed by atoms with Crippen LogP contribution in [0.1, 0.15) is 17.5 Å². The molecule has 122 valence electrons. The van der Waals surface area contributed by atoms with Crippen LogP contribution in [0.3, 0.4) is 0 Å². The number of aliphatic imine (C=N–C) groups is 1. The fraction of sp³-hybridized carbons (Fsp3) is 0.111. The molecule has 1 aliphatic heterocycles. The van der Waals surface area contributed by atoms with Crippen LogP contribution in [0.25, 0.3) is 17.2 Å². The van der Waals surface area contributed by atoms with Gasteiger partial charge in [-0.25, -0.2) is 9.79 Å². The molecule has 0 saturated heterocycles. The van der Waals surface area contributed by atoms with E-state index in [4.69, 9.17) is 23.1 Å². The maximum atomic E-state index is 11.3. The van der Waals surface area contributed by atoms with Crippen LogP contribution in [0.2, 0.25) is 5.02 Å². The summed E-state index contributed by atoms with van der Waals surface area (Å²) in [5, 5.41) is 9.89. The normalized spacial score (nSPS) is 13.6. The van der Waals surface area contributed by atoms with Gasteiger partial charge in [0.2, 0.25) is 0 Å². The van der Waals surface area contributed by atoms with Crippen molar-refractivity contribution in [2.75, 3.05) is 0 Å². The molecule has 24 heavy (non-hydrogen) atoms. The molecule has 2 aromatic rings. The van der Waals surface area contributed by atoms with Crippen LogP contribution >= 0.6 is 11.6 Å². The van der Waals surface area contributed by atoms with E-state index in [9.17, 15) is 9.90 Å². The van der Waals surface area contributed by atoms with Crippen LogP contribution in [-0.2, 0) is 11.3 Å². The zero-order valence-electron chi connectivity index (χ0n) is 12.8. The summed E-state index contributed by atoms with van der Waals surface area (Å²) in [7, 11) is 0. The number of halogens is 1. The number of benzene rings is 2. The molecular weight excluding hydrogens is 326 g/mol. The third kappa shape index (κ3) is 3.04. The molecule has 6 heteroatoms. The monoisotopic (exact) mass is 341 g/mol. The molecule has 3 rings (SSSR count). The van der Waals surface area contributed by atoms with Crippen molar-refractivity contribution in [3.05, 3.63) is 58.1 Å². The van der Waals surface area contributed by atoms with Crippen LogP contribution in [-0.4, -0.2) is 16.9 Å². The van der Waals surface area contributed by atoms with Crippen LogP contribution in [0.4, 0.5) is 5.69 Å². The smallest absolute Gasteiger partial charge is 0.332 e. The molecule has 0 amide bonds. The van der Waals surface area contributed by atoms with Crippen LogP contribution in [0.5, 0.6) is 0 Å². The zero-order valence-corrected chi connectivity index (χ0v) is 13.5. The Bertz CT molecular complexity index is 888. The van der Waals surface area contributed by atoms with Gasteiger partial charge in [0.1, 0.15) is 5.84 Å². The first-order chi connectivity index (χ1) is 11.5. The highest BCUT2D eigenvalue weighted by atomic mass is 35.5. The quantitative estimate of drug-likeness (QED) is 0.796. The molecule has 0 aromatic heterocycles. The number of carboxylic acids is 1. The number of carbonyl (C=O) groups is 1. The van der Waals surface area contributed by atoms with Gasteiger partial charge in [0.05, 0.1) is 10.7 Å². The summed E-state index contributed by atoms with van der Waals surface area (Å²) < 4.78 is 0. The Kier molecular flexibility index (Phi) is 4.38. The molecule has 1 aliphatic rings. The van der Waals surface area contributed by atoms with Gasteiger partial charge in [0.15, 0.2) is 0 Å². The van der Waals surface area contributed by atoms with E-state index in [1.807, 2.05) is 36.4 Å². The standard InChI is InChI=1S/C18H16ClN3O2/c19-17-11(9-20)2-1-3-14(17)10-4-5-15-12(6-10)7-13(18(23)24)8-16(21)22-15/h1-7H,8-9,20H2,(H2,21,22)(H,23,24). The fourth-order valence-electron chi connectivity index (χ4n) is 2.67. The molecular formula is C18H16ClN3O2. The Hall–Kier alpha value is -2.63. The molecule has 5 nitrogen and oxygen atoms in total. The number of hydrogen-bond acceptors (Lipinski definition) is 4. The summed E-state index contributed by atoms with van der Waals surface area (Å²) in [4.78, 5) is 15.6. The number of rotatable bonds is 3. The SMILES string of the molecule is NCc1cccc(-c2ccc3c(c2)C=C(C(=O)O)CC(N)=N3)c1Cl. The summed E-state index contributed by atoms with van der Waals surface area (Å²) in [6.07, 6.45) is 1.72. The van der Waals surface area contributed by atoms with Gasteiger partial charge < -0.3 is 16.6 Å². The fourth-order valence-corrected chi connectivity index (χ4v) is 2.98. The molecule has 0 atom stereocenters. The maximum Gasteiger partial charge on any atom is 0.332 e. The first-order valence-electron chi connectivity index (χ1n) is 7.38. The van der Waals surface area contributed by atoms with Gasteiger partial charge in [-0.3, -0.25) is 0 Å². The topological polar surface area (TPSA) is 102 Å². The molecule has 1 heterocycles. The van der Waals surface area contributed by atoms with Crippen molar-refractivity contribution >= 4 is 35.2 Å². The van der Waals surface area contributed by atoms with Crippen LogP contribution in [0, 0.1) is 0 Å². The van der Waals surface area contributed by atoms with Crippen molar-refractivity contribution in [1.29, 1.82) is 0 Å². The minimum absolute atomic E-state index is 0.114. The highest BCUT2D eigenvalue weighted by molar-refractivity contribution is 6.34. The predicted octanol–water partition coefficient (Wildman–Crippen LogP) is 3.33. The Morgan fingerprint density at radius 3 is 2.79 bits per heavy atom. The Labute approximate surface area is 144 Å². The van der Waals surface area contributed by atoms with Gasteiger partial charge in [0.25, 0.3) is 0 Å². The van der Waals surface area contributed by atoms with Gasteiger partial charge in [-0.1, -0.05) is 35.9 Å². The number of aliphatic carboxylic acids is 1. The largest absolute Gasteiger partial charge is 0.478 e. The van der Waals surface area contributed by atoms with Gasteiger partial charge in [0, 0.05) is 29.7 Å². The van der Waals surface area contributed by atoms with Crippen LogP contribution in [0.15, 0.2) is 47.0 Å². The summed E-state index contributed by atoms with van der Waals surface area (Å²) in [5.74, 6) is -0.729. The van der Waals surface area contributed by atoms with E-state index in [2.05, 4.69) is 4.99 Å². The van der Waals surface area contributed by atoms with E-state index in [0.717, 1.165) is 16.7 Å². The van der Waals surface area contributed by atoms with E-state index >= 15 is 0 Å². The Morgan fingerprint density at radius 1 is 1.29 bits per heavy atom. The number of hydrogen-bond donors (Lipinski definition) is 3. The third-order valence-corrected chi connectivity index (χ3v) is 4.32. The molecule has 0 radical (unpaired) electrons. The molecule has 0 aliphatic carbocycles.